The maximum absolute atomic E-state index is 9.84. The lowest BCUT2D eigenvalue weighted by molar-refractivity contribution is 0.554. The molecule has 56 valence electrons. The molecule has 2 radical (unpaired) electrons. The Hall–Kier alpha value is -1.11. The van der Waals surface area contributed by atoms with Crippen molar-refractivity contribution in [2.75, 3.05) is 0 Å². The summed E-state index contributed by atoms with van der Waals surface area (Å²) in [5, 5.41) is 0. The van der Waals surface area contributed by atoms with Gasteiger partial charge in [0.25, 0.3) is 0 Å². The van der Waals surface area contributed by atoms with Crippen LogP contribution in [0.25, 0.3) is 0 Å². The molecule has 0 atom stereocenters. The molecule has 1 aromatic carbocycles. The second kappa shape index (κ2) is 4.67. The lowest BCUT2D eigenvalue weighted by Crippen LogP contribution is -1.85. The normalized spacial score (nSPS) is 9.45. The number of hydrogen-bond acceptors (Lipinski definition) is 1. The summed E-state index contributed by atoms with van der Waals surface area (Å²) in [7, 11) is 0. The quantitative estimate of drug-likeness (QED) is 0.593. The minimum atomic E-state index is 0.425. The van der Waals surface area contributed by atoms with Crippen molar-refractivity contribution in [3.05, 3.63) is 42.3 Å². The number of carbonyl (C=O) groups excluding carboxylic acids is 1. The van der Waals surface area contributed by atoms with Gasteiger partial charge in [0.15, 0.2) is 6.29 Å². The van der Waals surface area contributed by atoms with E-state index in [-0.39, 0.29) is 0 Å². The molecular formula is C10H10O. The largest absolute Gasteiger partial charge is 0.291 e. The van der Waals surface area contributed by atoms with E-state index in [1.165, 1.54) is 5.56 Å². The molecule has 0 bridgehead atoms. The van der Waals surface area contributed by atoms with Crippen molar-refractivity contribution in [2.45, 2.75) is 12.8 Å². The topological polar surface area (TPSA) is 17.1 Å². The first-order valence-corrected chi connectivity index (χ1v) is 3.64. The van der Waals surface area contributed by atoms with Crippen LogP contribution in [0, 0.1) is 6.42 Å². The van der Waals surface area contributed by atoms with Crippen molar-refractivity contribution in [1.82, 2.24) is 0 Å². The Morgan fingerprint density at radius 1 is 1.27 bits per heavy atom. The fourth-order valence-electron chi connectivity index (χ4n) is 0.912. The molecule has 0 unspecified atom stereocenters. The van der Waals surface area contributed by atoms with Crippen LogP contribution in [0.2, 0.25) is 0 Å². The van der Waals surface area contributed by atoms with E-state index in [2.05, 4.69) is 0 Å². The van der Waals surface area contributed by atoms with Gasteiger partial charge in [-0.05, 0) is 18.4 Å². The van der Waals surface area contributed by atoms with Gasteiger partial charge in [0.05, 0.1) is 0 Å². The van der Waals surface area contributed by atoms with Crippen LogP contribution in [-0.2, 0) is 11.2 Å². The van der Waals surface area contributed by atoms with Gasteiger partial charge in [-0.25, -0.2) is 0 Å². The Morgan fingerprint density at radius 2 is 2.00 bits per heavy atom. The SMILES string of the molecule is O=[C]C[CH]Cc1ccccc1. The highest BCUT2D eigenvalue weighted by molar-refractivity contribution is 5.52. The molecule has 0 heterocycles. The molecule has 11 heavy (non-hydrogen) atoms. The highest BCUT2D eigenvalue weighted by Gasteiger charge is 1.90. The van der Waals surface area contributed by atoms with Crippen molar-refractivity contribution in [3.63, 3.8) is 0 Å². The van der Waals surface area contributed by atoms with Crippen molar-refractivity contribution >= 4 is 6.29 Å². The second-order valence-electron chi connectivity index (χ2n) is 2.33. The Morgan fingerprint density at radius 3 is 2.64 bits per heavy atom. The van der Waals surface area contributed by atoms with Gasteiger partial charge in [0, 0.05) is 6.42 Å². The van der Waals surface area contributed by atoms with Gasteiger partial charge in [-0.3, -0.25) is 4.79 Å². The predicted molar refractivity (Wildman–Crippen MR) is 44.8 cm³/mol. The third kappa shape index (κ3) is 2.99. The highest BCUT2D eigenvalue weighted by atomic mass is 16.1. The van der Waals surface area contributed by atoms with Crippen molar-refractivity contribution in [3.8, 4) is 0 Å². The Balaban J connectivity index is 2.33. The van der Waals surface area contributed by atoms with Crippen LogP contribution in [-0.4, -0.2) is 6.29 Å². The molecule has 0 aliphatic carbocycles. The van der Waals surface area contributed by atoms with Gasteiger partial charge in [0.2, 0.25) is 0 Å². The van der Waals surface area contributed by atoms with Gasteiger partial charge in [0.1, 0.15) is 0 Å². The summed E-state index contributed by atoms with van der Waals surface area (Å²) in [4.78, 5) is 9.84. The van der Waals surface area contributed by atoms with Crippen molar-refractivity contribution in [2.24, 2.45) is 0 Å². The third-order valence-electron chi connectivity index (χ3n) is 1.45. The zero-order valence-corrected chi connectivity index (χ0v) is 6.29. The molecule has 1 aromatic rings. The summed E-state index contributed by atoms with van der Waals surface area (Å²) < 4.78 is 0. The average Bonchev–Trinajstić information content (AvgIpc) is 2.07. The highest BCUT2D eigenvalue weighted by Crippen LogP contribution is 2.01. The first-order chi connectivity index (χ1) is 5.43. The Kier molecular flexibility index (Phi) is 3.39. The van der Waals surface area contributed by atoms with Crippen LogP contribution in [0.5, 0.6) is 0 Å². The number of unbranched alkanes of at least 4 members (excludes halogenated alkanes) is 1. The molecule has 1 nitrogen and oxygen atoms in total. The number of benzene rings is 1. The first kappa shape index (κ1) is 7.99. The molecule has 0 spiro atoms. The summed E-state index contributed by atoms with van der Waals surface area (Å²) in [6.45, 7) is 0. The smallest absolute Gasteiger partial charge is 0.198 e. The van der Waals surface area contributed by atoms with Crippen LogP contribution < -0.4 is 0 Å². The van der Waals surface area contributed by atoms with E-state index in [9.17, 15) is 4.79 Å². The molecule has 0 saturated heterocycles. The van der Waals surface area contributed by atoms with Crippen LogP contribution in [0.3, 0.4) is 0 Å². The lowest BCUT2D eigenvalue weighted by Gasteiger charge is -1.95. The van der Waals surface area contributed by atoms with Gasteiger partial charge in [-0.15, -0.1) is 0 Å². The van der Waals surface area contributed by atoms with E-state index in [1.807, 2.05) is 43.0 Å². The van der Waals surface area contributed by atoms with E-state index < -0.39 is 0 Å². The Labute approximate surface area is 67.1 Å². The molecule has 0 N–H and O–H groups in total. The van der Waals surface area contributed by atoms with Crippen LogP contribution in [0.1, 0.15) is 12.0 Å². The van der Waals surface area contributed by atoms with Crippen molar-refractivity contribution in [1.29, 1.82) is 0 Å². The zero-order chi connectivity index (χ0) is 7.94. The molecule has 0 fully saturated rings. The maximum Gasteiger partial charge on any atom is 0.198 e. The fourth-order valence-corrected chi connectivity index (χ4v) is 0.912. The second-order valence-corrected chi connectivity index (χ2v) is 2.33. The molecular weight excluding hydrogens is 136 g/mol. The van der Waals surface area contributed by atoms with Crippen LogP contribution in [0.15, 0.2) is 30.3 Å². The van der Waals surface area contributed by atoms with Crippen LogP contribution in [0.4, 0.5) is 0 Å². The van der Waals surface area contributed by atoms with E-state index in [1.54, 1.807) is 0 Å². The lowest BCUT2D eigenvalue weighted by atomic mass is 10.1. The predicted octanol–water partition coefficient (Wildman–Crippen LogP) is 1.93. The summed E-state index contributed by atoms with van der Waals surface area (Å²) >= 11 is 0. The van der Waals surface area contributed by atoms with E-state index in [0.29, 0.717) is 6.42 Å². The summed E-state index contributed by atoms with van der Waals surface area (Å²) in [5.41, 5.74) is 1.24. The Bertz CT molecular complexity index is 203. The molecule has 0 amide bonds. The third-order valence-corrected chi connectivity index (χ3v) is 1.45. The fraction of sp³-hybridized carbons (Fsp3) is 0.200. The maximum atomic E-state index is 9.84. The van der Waals surface area contributed by atoms with Gasteiger partial charge in [-0.2, -0.15) is 0 Å². The van der Waals surface area contributed by atoms with Crippen molar-refractivity contribution < 1.29 is 4.79 Å². The van der Waals surface area contributed by atoms with E-state index in [4.69, 9.17) is 0 Å². The van der Waals surface area contributed by atoms with Gasteiger partial charge < -0.3 is 0 Å². The van der Waals surface area contributed by atoms with E-state index in [0.717, 1.165) is 6.42 Å². The first-order valence-electron chi connectivity index (χ1n) is 3.64. The minimum absolute atomic E-state index is 0.425. The molecule has 0 aromatic heterocycles. The molecule has 0 saturated carbocycles. The molecule has 0 aliphatic rings. The molecule has 1 rings (SSSR count). The summed E-state index contributed by atoms with van der Waals surface area (Å²) in [6.07, 6.45) is 5.03. The summed E-state index contributed by atoms with van der Waals surface area (Å²) in [5.74, 6) is 0. The van der Waals surface area contributed by atoms with Gasteiger partial charge in [-0.1, -0.05) is 30.3 Å². The van der Waals surface area contributed by atoms with E-state index >= 15 is 0 Å². The van der Waals surface area contributed by atoms with Gasteiger partial charge >= 0.3 is 0 Å². The van der Waals surface area contributed by atoms with Crippen LogP contribution >= 0.6 is 0 Å². The average molecular weight is 146 g/mol. The molecule has 1 heteroatoms. The monoisotopic (exact) mass is 146 g/mol. The number of rotatable bonds is 4. The number of hydrogen-bond donors (Lipinski definition) is 0. The summed E-state index contributed by atoms with van der Waals surface area (Å²) in [6, 6.07) is 10.1. The molecule has 0 aliphatic heterocycles. The standard InChI is InChI=1S/C10H10O/c11-9-5-4-8-10-6-2-1-3-7-10/h1-4,6-7H,5,8H2. The minimum Gasteiger partial charge on any atom is -0.291 e. The zero-order valence-electron chi connectivity index (χ0n) is 6.29.